The third-order valence-corrected chi connectivity index (χ3v) is 3.84. The third-order valence-electron chi connectivity index (χ3n) is 2.27. The Balaban J connectivity index is 3.07. The average Bonchev–Trinajstić information content (AvgIpc) is 2.30. The molecule has 0 radical (unpaired) electrons. The van der Waals surface area contributed by atoms with Gasteiger partial charge in [0.2, 0.25) is 15.9 Å². The van der Waals surface area contributed by atoms with E-state index < -0.39 is 15.9 Å². The van der Waals surface area contributed by atoms with Crippen molar-refractivity contribution in [2.24, 2.45) is 0 Å². The van der Waals surface area contributed by atoms with E-state index in [9.17, 15) is 13.2 Å². The lowest BCUT2D eigenvalue weighted by molar-refractivity contribution is -0.119. The fourth-order valence-corrected chi connectivity index (χ4v) is 2.81. The zero-order valence-electron chi connectivity index (χ0n) is 10.8. The van der Waals surface area contributed by atoms with Gasteiger partial charge in [-0.15, -0.1) is 6.58 Å². The molecule has 0 bridgehead atoms. The zero-order chi connectivity index (χ0) is 15.3. The Kier molecular flexibility index (Phi) is 5.86. The first-order valence-electron chi connectivity index (χ1n) is 5.55. The number of hydrogen-bond donors (Lipinski definition) is 1. The van der Waals surface area contributed by atoms with Gasteiger partial charge in [0.25, 0.3) is 0 Å². The highest BCUT2D eigenvalue weighted by molar-refractivity contribution is 7.92. The molecular formula is C12H14Cl2N2O3S. The second-order valence-corrected chi connectivity index (χ2v) is 6.77. The fourth-order valence-electron chi connectivity index (χ4n) is 1.46. The van der Waals surface area contributed by atoms with Gasteiger partial charge in [-0.2, -0.15) is 0 Å². The molecule has 0 heterocycles. The predicted octanol–water partition coefficient (Wildman–Crippen LogP) is 2.06. The minimum atomic E-state index is -3.64. The van der Waals surface area contributed by atoms with Gasteiger partial charge in [-0.05, 0) is 18.2 Å². The molecule has 0 aliphatic rings. The first kappa shape index (κ1) is 16.8. The van der Waals surface area contributed by atoms with Crippen LogP contribution in [0, 0.1) is 0 Å². The molecule has 1 N–H and O–H groups in total. The monoisotopic (exact) mass is 336 g/mol. The number of hydrogen-bond acceptors (Lipinski definition) is 3. The topological polar surface area (TPSA) is 66.5 Å². The van der Waals surface area contributed by atoms with Crippen molar-refractivity contribution in [1.29, 1.82) is 0 Å². The summed E-state index contributed by atoms with van der Waals surface area (Å²) in [4.78, 5) is 11.7. The molecule has 0 unspecified atom stereocenters. The Labute approximate surface area is 128 Å². The molecule has 0 fully saturated rings. The lowest BCUT2D eigenvalue weighted by atomic mass is 10.3. The molecular weight excluding hydrogens is 323 g/mol. The quantitative estimate of drug-likeness (QED) is 0.808. The van der Waals surface area contributed by atoms with Gasteiger partial charge < -0.3 is 5.32 Å². The number of anilines is 1. The van der Waals surface area contributed by atoms with E-state index in [1.165, 1.54) is 24.3 Å². The number of carbonyl (C=O) groups excluding carboxylic acids is 1. The smallest absolute Gasteiger partial charge is 0.241 e. The van der Waals surface area contributed by atoms with Gasteiger partial charge >= 0.3 is 0 Å². The van der Waals surface area contributed by atoms with E-state index in [0.29, 0.717) is 0 Å². The number of sulfonamides is 1. The summed E-state index contributed by atoms with van der Waals surface area (Å²) in [5.41, 5.74) is 0.235. The first-order valence-corrected chi connectivity index (χ1v) is 8.16. The number of halogens is 2. The van der Waals surface area contributed by atoms with E-state index in [4.69, 9.17) is 23.2 Å². The van der Waals surface area contributed by atoms with Crippen LogP contribution in [0.3, 0.4) is 0 Å². The maximum atomic E-state index is 11.8. The van der Waals surface area contributed by atoms with Crippen molar-refractivity contribution in [2.75, 3.05) is 23.7 Å². The summed E-state index contributed by atoms with van der Waals surface area (Å²) in [5, 5.41) is 3.07. The van der Waals surface area contributed by atoms with Gasteiger partial charge in [0.05, 0.1) is 11.9 Å². The maximum Gasteiger partial charge on any atom is 0.241 e. The van der Waals surface area contributed by atoms with Crippen molar-refractivity contribution in [3.63, 3.8) is 0 Å². The summed E-state index contributed by atoms with van der Waals surface area (Å²) in [5.74, 6) is -0.452. The van der Waals surface area contributed by atoms with Gasteiger partial charge in [0.15, 0.2) is 0 Å². The highest BCUT2D eigenvalue weighted by atomic mass is 35.5. The molecule has 1 aromatic carbocycles. The molecule has 0 aromatic heterocycles. The highest BCUT2D eigenvalue weighted by Crippen LogP contribution is 2.26. The molecule has 0 saturated carbocycles. The normalized spacial score (nSPS) is 10.9. The first-order chi connectivity index (χ1) is 9.24. The Morgan fingerprint density at radius 1 is 1.35 bits per heavy atom. The standard InChI is InChI=1S/C12H14Cl2N2O3S/c1-3-4-15-12(17)8-16(20(2,18)19)11-6-9(13)5-10(14)7-11/h3,5-7H,1,4,8H2,2H3,(H,15,17). The van der Waals surface area contributed by atoms with E-state index in [0.717, 1.165) is 10.6 Å². The van der Waals surface area contributed by atoms with E-state index in [2.05, 4.69) is 11.9 Å². The molecule has 0 aliphatic carbocycles. The summed E-state index contributed by atoms with van der Waals surface area (Å²) in [6, 6.07) is 4.33. The van der Waals surface area contributed by atoms with Gasteiger partial charge in [0.1, 0.15) is 6.54 Å². The van der Waals surface area contributed by atoms with Crippen LogP contribution < -0.4 is 9.62 Å². The Hall–Kier alpha value is -1.24. The zero-order valence-corrected chi connectivity index (χ0v) is 13.1. The lowest BCUT2D eigenvalue weighted by Crippen LogP contribution is -2.40. The second kappa shape index (κ2) is 6.97. The van der Waals surface area contributed by atoms with Crippen molar-refractivity contribution in [3.8, 4) is 0 Å². The van der Waals surface area contributed by atoms with Crippen LogP contribution in [-0.4, -0.2) is 33.7 Å². The van der Waals surface area contributed by atoms with Crippen molar-refractivity contribution < 1.29 is 13.2 Å². The van der Waals surface area contributed by atoms with E-state index >= 15 is 0 Å². The Bertz CT molecular complexity index is 597. The molecule has 0 aliphatic heterocycles. The average molecular weight is 337 g/mol. The Morgan fingerprint density at radius 2 is 1.90 bits per heavy atom. The van der Waals surface area contributed by atoms with Gasteiger partial charge in [0, 0.05) is 16.6 Å². The number of nitrogens with one attached hydrogen (secondary N) is 1. The van der Waals surface area contributed by atoms with Gasteiger partial charge in [-0.25, -0.2) is 8.42 Å². The third kappa shape index (κ3) is 5.03. The molecule has 20 heavy (non-hydrogen) atoms. The summed E-state index contributed by atoms with van der Waals surface area (Å²) < 4.78 is 24.5. The van der Waals surface area contributed by atoms with Crippen LogP contribution in [0.15, 0.2) is 30.9 Å². The van der Waals surface area contributed by atoms with Crippen LogP contribution >= 0.6 is 23.2 Å². The number of rotatable bonds is 6. The number of carbonyl (C=O) groups is 1. The molecule has 5 nitrogen and oxygen atoms in total. The SMILES string of the molecule is C=CCNC(=O)CN(c1cc(Cl)cc(Cl)c1)S(C)(=O)=O. The van der Waals surface area contributed by atoms with Crippen molar-refractivity contribution in [2.45, 2.75) is 0 Å². The maximum absolute atomic E-state index is 11.8. The molecule has 1 aromatic rings. The van der Waals surface area contributed by atoms with Gasteiger partial charge in [-0.1, -0.05) is 29.3 Å². The van der Waals surface area contributed by atoms with Crippen LogP contribution in [0.1, 0.15) is 0 Å². The van der Waals surface area contributed by atoms with Crippen LogP contribution in [0.4, 0.5) is 5.69 Å². The molecule has 110 valence electrons. The van der Waals surface area contributed by atoms with Crippen molar-refractivity contribution in [1.82, 2.24) is 5.32 Å². The minimum Gasteiger partial charge on any atom is -0.351 e. The molecule has 0 atom stereocenters. The Morgan fingerprint density at radius 3 is 2.35 bits per heavy atom. The molecule has 8 heteroatoms. The number of nitrogens with zero attached hydrogens (tertiary/aromatic N) is 1. The van der Waals surface area contributed by atoms with Crippen molar-refractivity contribution in [3.05, 3.63) is 40.9 Å². The van der Waals surface area contributed by atoms with Crippen molar-refractivity contribution >= 4 is 44.8 Å². The second-order valence-electron chi connectivity index (χ2n) is 3.99. The fraction of sp³-hybridized carbons (Fsp3) is 0.250. The lowest BCUT2D eigenvalue weighted by Gasteiger charge is -2.22. The summed E-state index contributed by atoms with van der Waals surface area (Å²) in [6.07, 6.45) is 2.50. The van der Waals surface area contributed by atoms with E-state index in [1.54, 1.807) is 0 Å². The number of benzene rings is 1. The van der Waals surface area contributed by atoms with E-state index in [1.807, 2.05) is 0 Å². The number of amides is 1. The molecule has 1 rings (SSSR count). The summed E-state index contributed by atoms with van der Waals surface area (Å²) >= 11 is 11.7. The predicted molar refractivity (Wildman–Crippen MR) is 81.9 cm³/mol. The van der Waals surface area contributed by atoms with Crippen LogP contribution in [0.2, 0.25) is 10.0 Å². The van der Waals surface area contributed by atoms with E-state index in [-0.39, 0.29) is 28.8 Å². The molecule has 0 spiro atoms. The summed E-state index contributed by atoms with van der Waals surface area (Å²) in [6.45, 7) is 3.36. The highest BCUT2D eigenvalue weighted by Gasteiger charge is 2.21. The summed E-state index contributed by atoms with van der Waals surface area (Å²) in [7, 11) is -3.64. The molecule has 1 amide bonds. The van der Waals surface area contributed by atoms with Crippen LogP contribution in [0.25, 0.3) is 0 Å². The van der Waals surface area contributed by atoms with Crippen LogP contribution in [0.5, 0.6) is 0 Å². The minimum absolute atomic E-state index is 0.235. The largest absolute Gasteiger partial charge is 0.351 e. The van der Waals surface area contributed by atoms with Crippen LogP contribution in [-0.2, 0) is 14.8 Å². The van der Waals surface area contributed by atoms with Gasteiger partial charge in [-0.3, -0.25) is 9.10 Å². The molecule has 0 saturated heterocycles.